The normalized spacial score (nSPS) is 39.1. The molecular formula is C26H41O3P. The molecule has 0 aromatic rings. The Labute approximate surface area is 183 Å². The molecule has 0 bridgehead atoms. The molecule has 3 rings (SSSR count). The van der Waals surface area contributed by atoms with Crippen LogP contribution in [0.1, 0.15) is 58.8 Å². The van der Waals surface area contributed by atoms with Crippen LogP contribution in [-0.4, -0.2) is 41.9 Å². The van der Waals surface area contributed by atoms with Gasteiger partial charge in [-0.1, -0.05) is 50.3 Å². The molecule has 0 radical (unpaired) electrons. The lowest BCUT2D eigenvalue weighted by molar-refractivity contribution is 0.0862. The average molecular weight is 433 g/mol. The highest BCUT2D eigenvalue weighted by Crippen LogP contribution is 2.59. The first-order valence-corrected chi connectivity index (χ1v) is 14.5. The van der Waals surface area contributed by atoms with E-state index in [1.54, 1.807) is 0 Å². The Morgan fingerprint density at radius 1 is 1.27 bits per heavy atom. The lowest BCUT2D eigenvalue weighted by Gasteiger charge is -2.44. The van der Waals surface area contributed by atoms with Gasteiger partial charge in [-0.05, 0) is 86.2 Å². The maximum Gasteiger partial charge on any atom is 0.0854 e. The number of hydrogen-bond acceptors (Lipinski definition) is 3. The summed E-state index contributed by atoms with van der Waals surface area (Å²) in [7, 11) is -1.99. The predicted octanol–water partition coefficient (Wildman–Crippen LogP) is 5.94. The predicted molar refractivity (Wildman–Crippen MR) is 127 cm³/mol. The zero-order valence-electron chi connectivity index (χ0n) is 19.3. The van der Waals surface area contributed by atoms with Gasteiger partial charge in [0, 0.05) is 12.6 Å². The van der Waals surface area contributed by atoms with Crippen LogP contribution in [0, 0.1) is 23.2 Å². The van der Waals surface area contributed by atoms with E-state index in [2.05, 4.69) is 44.7 Å². The number of hydrogen-bond donors (Lipinski definition) is 2. The van der Waals surface area contributed by atoms with E-state index in [0.717, 1.165) is 17.6 Å². The largest absolute Gasteiger partial charge is 0.393 e. The molecule has 0 amide bonds. The summed E-state index contributed by atoms with van der Waals surface area (Å²) in [6, 6.07) is 0. The van der Waals surface area contributed by atoms with Gasteiger partial charge in [-0.15, -0.1) is 0 Å². The number of fused-ring (bicyclic) bond motifs is 1. The van der Waals surface area contributed by atoms with Crippen LogP contribution in [0.15, 0.2) is 47.6 Å². The van der Waals surface area contributed by atoms with Gasteiger partial charge in [0.15, 0.2) is 0 Å². The summed E-state index contributed by atoms with van der Waals surface area (Å²) in [5.41, 5.74) is 3.61. The maximum absolute atomic E-state index is 12.0. The highest BCUT2D eigenvalue weighted by Gasteiger charge is 2.50. The highest BCUT2D eigenvalue weighted by atomic mass is 31.2. The third-order valence-electron chi connectivity index (χ3n) is 7.92. The number of rotatable bonds is 5. The average Bonchev–Trinajstić information content (AvgIpc) is 3.00. The van der Waals surface area contributed by atoms with Gasteiger partial charge in [0.05, 0.1) is 19.3 Å². The second kappa shape index (κ2) is 9.31. The zero-order valence-corrected chi connectivity index (χ0v) is 20.2. The fourth-order valence-corrected chi connectivity index (χ4v) is 6.90. The lowest BCUT2D eigenvalue weighted by Crippen LogP contribution is -2.35. The van der Waals surface area contributed by atoms with Crippen LogP contribution in [0.3, 0.4) is 0 Å². The van der Waals surface area contributed by atoms with E-state index in [9.17, 15) is 14.8 Å². The van der Waals surface area contributed by atoms with E-state index in [0.29, 0.717) is 42.2 Å². The van der Waals surface area contributed by atoms with Crippen molar-refractivity contribution >= 4 is 7.14 Å². The Kier molecular flexibility index (Phi) is 7.37. The molecular weight excluding hydrogens is 391 g/mol. The zero-order chi connectivity index (χ0) is 22.1. The van der Waals surface area contributed by atoms with E-state index < -0.39 is 19.3 Å². The standard InChI is InChI=1S/C26H41O3P/c1-18(8-7-15-30(4,5)29)23-12-13-24-20(9-6-14-26(23,24)3)10-11-21-16-22(27)17-25(28)19(21)2/h7-8,10-11,18,22-25,27-28H,2,6,9,12-17H2,1,3-5H3/b8-7+,20-10+,21-11-/t18-,22-,23-,24+,25+,26-/m1/s1. The molecule has 3 saturated carbocycles. The van der Waals surface area contributed by atoms with Crippen LogP contribution in [0.25, 0.3) is 0 Å². The Morgan fingerprint density at radius 3 is 2.70 bits per heavy atom. The summed E-state index contributed by atoms with van der Waals surface area (Å²) in [5.74, 6) is 1.78. The van der Waals surface area contributed by atoms with Crippen LogP contribution in [0.2, 0.25) is 0 Å². The minimum absolute atomic E-state index is 0.317. The molecule has 3 aliphatic carbocycles. The van der Waals surface area contributed by atoms with Crippen LogP contribution in [-0.2, 0) is 4.57 Å². The summed E-state index contributed by atoms with van der Waals surface area (Å²) in [4.78, 5) is 0. The molecule has 3 aliphatic rings. The second-order valence-corrected chi connectivity index (χ2v) is 14.2. The Hall–Kier alpha value is -0.890. The Bertz CT molecular complexity index is 786. The number of aliphatic hydroxyl groups excluding tert-OH is 2. The van der Waals surface area contributed by atoms with Gasteiger partial charge in [-0.3, -0.25) is 0 Å². The highest BCUT2D eigenvalue weighted by molar-refractivity contribution is 7.62. The van der Waals surface area contributed by atoms with E-state index in [-0.39, 0.29) is 0 Å². The molecule has 0 saturated heterocycles. The van der Waals surface area contributed by atoms with Crippen molar-refractivity contribution in [3.05, 3.63) is 47.6 Å². The van der Waals surface area contributed by atoms with Crippen LogP contribution >= 0.6 is 7.14 Å². The monoisotopic (exact) mass is 432 g/mol. The molecule has 0 spiro atoms. The van der Waals surface area contributed by atoms with E-state index in [4.69, 9.17) is 0 Å². The minimum atomic E-state index is -1.99. The molecule has 0 unspecified atom stereocenters. The molecule has 0 aliphatic heterocycles. The summed E-state index contributed by atoms with van der Waals surface area (Å²) in [6.45, 7) is 12.6. The lowest BCUT2D eigenvalue weighted by atomic mass is 9.61. The van der Waals surface area contributed by atoms with Crippen molar-refractivity contribution in [2.45, 2.75) is 71.0 Å². The van der Waals surface area contributed by atoms with Gasteiger partial charge in [0.25, 0.3) is 0 Å². The topological polar surface area (TPSA) is 57.5 Å². The van der Waals surface area contributed by atoms with Crippen molar-refractivity contribution in [1.82, 2.24) is 0 Å². The molecule has 3 fully saturated rings. The molecule has 168 valence electrons. The van der Waals surface area contributed by atoms with Gasteiger partial charge in [-0.25, -0.2) is 0 Å². The molecule has 4 heteroatoms. The van der Waals surface area contributed by atoms with Crippen molar-refractivity contribution in [2.75, 3.05) is 19.5 Å². The third-order valence-corrected chi connectivity index (χ3v) is 9.01. The summed E-state index contributed by atoms with van der Waals surface area (Å²) in [6.07, 6.45) is 15.6. The Balaban J connectivity index is 1.75. The van der Waals surface area contributed by atoms with Gasteiger partial charge < -0.3 is 14.8 Å². The van der Waals surface area contributed by atoms with Gasteiger partial charge in [0.2, 0.25) is 0 Å². The van der Waals surface area contributed by atoms with Crippen molar-refractivity contribution in [1.29, 1.82) is 0 Å². The first-order valence-electron chi connectivity index (χ1n) is 11.7. The summed E-state index contributed by atoms with van der Waals surface area (Å²) >= 11 is 0. The van der Waals surface area contributed by atoms with Gasteiger partial charge >= 0.3 is 0 Å². The molecule has 0 heterocycles. The molecule has 0 aromatic carbocycles. The van der Waals surface area contributed by atoms with Crippen molar-refractivity contribution in [2.24, 2.45) is 23.2 Å². The summed E-state index contributed by atoms with van der Waals surface area (Å²) in [5, 5.41) is 20.1. The molecule has 2 N–H and O–H groups in total. The maximum atomic E-state index is 12.0. The smallest absolute Gasteiger partial charge is 0.0854 e. The van der Waals surface area contributed by atoms with Crippen LogP contribution < -0.4 is 0 Å². The van der Waals surface area contributed by atoms with E-state index in [1.165, 1.54) is 31.3 Å². The van der Waals surface area contributed by atoms with Crippen LogP contribution in [0.4, 0.5) is 0 Å². The summed E-state index contributed by atoms with van der Waals surface area (Å²) < 4.78 is 12.0. The first kappa shape index (κ1) is 23.8. The third kappa shape index (κ3) is 5.29. The van der Waals surface area contributed by atoms with Crippen LogP contribution in [0.5, 0.6) is 0 Å². The fourth-order valence-electron chi connectivity index (χ4n) is 6.27. The molecule has 3 nitrogen and oxygen atoms in total. The first-order chi connectivity index (χ1) is 14.0. The van der Waals surface area contributed by atoms with E-state index >= 15 is 0 Å². The van der Waals surface area contributed by atoms with E-state index in [1.807, 2.05) is 13.3 Å². The van der Waals surface area contributed by atoms with Crippen molar-refractivity contribution in [3.8, 4) is 0 Å². The fraction of sp³-hybridized carbons (Fsp3) is 0.692. The quantitative estimate of drug-likeness (QED) is 0.417. The number of aliphatic hydroxyl groups is 2. The Morgan fingerprint density at radius 2 is 2.00 bits per heavy atom. The second-order valence-electron chi connectivity index (χ2n) is 10.7. The van der Waals surface area contributed by atoms with Crippen molar-refractivity contribution in [3.63, 3.8) is 0 Å². The van der Waals surface area contributed by atoms with Crippen molar-refractivity contribution < 1.29 is 14.8 Å². The molecule has 6 atom stereocenters. The van der Waals surface area contributed by atoms with Gasteiger partial charge in [0.1, 0.15) is 0 Å². The SMILES string of the molecule is C=C1/C(=C\C=C2/CCC[C@]3(C)[C@@H]([C@H](C)/C=C/CP(C)(C)=O)CC[C@@H]23)C[C@@H](O)C[C@@H]1O. The van der Waals surface area contributed by atoms with Gasteiger partial charge in [-0.2, -0.15) is 0 Å². The number of allylic oxidation sites excluding steroid dienone is 5. The molecule has 0 aromatic heterocycles. The minimum Gasteiger partial charge on any atom is -0.393 e. The molecule has 30 heavy (non-hydrogen) atoms.